The average molecular weight is 535 g/mol. The lowest BCUT2D eigenvalue weighted by molar-refractivity contribution is -0.149. The van der Waals surface area contributed by atoms with E-state index in [0.717, 1.165) is 67.8 Å². The second kappa shape index (κ2) is 10.1. The van der Waals surface area contributed by atoms with Crippen molar-refractivity contribution in [3.8, 4) is 11.1 Å². The van der Waals surface area contributed by atoms with Crippen LogP contribution in [0.3, 0.4) is 0 Å². The van der Waals surface area contributed by atoms with Crippen LogP contribution < -0.4 is 4.90 Å². The number of aliphatic hydroxyl groups is 1. The fourth-order valence-electron chi connectivity index (χ4n) is 5.89. The number of ether oxygens (including phenoxy) is 1. The molecule has 2 aromatic carbocycles. The van der Waals surface area contributed by atoms with E-state index in [1.54, 1.807) is 18.2 Å². The number of halogens is 1. The van der Waals surface area contributed by atoms with Crippen LogP contribution in [0.25, 0.3) is 11.1 Å². The van der Waals surface area contributed by atoms with Crippen molar-refractivity contribution in [2.45, 2.75) is 57.8 Å². The molecule has 1 aromatic heterocycles. The number of amides is 1. The molecule has 0 aliphatic carbocycles. The minimum atomic E-state index is -0.911. The third-order valence-electron chi connectivity index (χ3n) is 7.92. The Morgan fingerprint density at radius 3 is 2.66 bits per heavy atom. The van der Waals surface area contributed by atoms with E-state index in [4.69, 9.17) is 16.3 Å². The number of imidazole rings is 1. The summed E-state index contributed by atoms with van der Waals surface area (Å²) in [6, 6.07) is 11.0. The Morgan fingerprint density at radius 1 is 1.16 bits per heavy atom. The molecule has 1 atom stereocenters. The molecule has 0 radical (unpaired) electrons. The van der Waals surface area contributed by atoms with Gasteiger partial charge in [-0.25, -0.2) is 9.78 Å². The lowest BCUT2D eigenvalue weighted by Crippen LogP contribution is -2.36. The Kier molecular flexibility index (Phi) is 6.61. The maximum Gasteiger partial charge on any atom is 0.335 e. The van der Waals surface area contributed by atoms with Crippen molar-refractivity contribution in [1.29, 1.82) is 0 Å². The molecular weight excluding hydrogens is 504 g/mol. The molecule has 4 heterocycles. The van der Waals surface area contributed by atoms with Gasteiger partial charge in [0.2, 0.25) is 0 Å². The van der Waals surface area contributed by atoms with Crippen LogP contribution in [0.4, 0.5) is 5.69 Å². The van der Waals surface area contributed by atoms with Gasteiger partial charge in [-0.2, -0.15) is 0 Å². The van der Waals surface area contributed by atoms with Crippen LogP contribution >= 0.6 is 11.6 Å². The topological polar surface area (TPSA) is 87.9 Å². The highest BCUT2D eigenvalue weighted by molar-refractivity contribution is 6.32. The van der Waals surface area contributed by atoms with Gasteiger partial charge in [0.1, 0.15) is 0 Å². The SMILES string of the molecule is CCOC(=O)C(c1ncn2c1CCC2)N1Cc2c(Cl)cc(-c3ccc(N4CCC(O)CC4)cc3)cc2C1=O. The van der Waals surface area contributed by atoms with E-state index in [1.807, 2.05) is 24.3 Å². The Bertz CT molecular complexity index is 1380. The fourth-order valence-corrected chi connectivity index (χ4v) is 6.17. The molecule has 9 heteroatoms. The molecule has 1 fully saturated rings. The number of hydrogen-bond donors (Lipinski definition) is 1. The third-order valence-corrected chi connectivity index (χ3v) is 8.25. The van der Waals surface area contributed by atoms with Crippen LogP contribution in [-0.4, -0.2) is 57.2 Å². The smallest absolute Gasteiger partial charge is 0.335 e. The number of rotatable bonds is 6. The van der Waals surface area contributed by atoms with E-state index in [-0.39, 0.29) is 25.2 Å². The summed E-state index contributed by atoms with van der Waals surface area (Å²) in [4.78, 5) is 35.3. The molecule has 8 nitrogen and oxygen atoms in total. The number of aryl methyl sites for hydroxylation is 1. The molecule has 3 aromatic rings. The van der Waals surface area contributed by atoms with Crippen molar-refractivity contribution in [3.63, 3.8) is 0 Å². The molecule has 3 aliphatic heterocycles. The van der Waals surface area contributed by atoms with Crippen molar-refractivity contribution in [3.05, 3.63) is 70.3 Å². The van der Waals surface area contributed by atoms with Gasteiger partial charge in [0.05, 0.1) is 24.7 Å². The minimum absolute atomic E-state index is 0.214. The molecule has 6 rings (SSSR count). The highest BCUT2D eigenvalue weighted by Gasteiger charge is 2.42. The zero-order valence-corrected chi connectivity index (χ0v) is 22.2. The quantitative estimate of drug-likeness (QED) is 0.472. The molecule has 1 amide bonds. The van der Waals surface area contributed by atoms with Gasteiger partial charge in [-0.1, -0.05) is 23.7 Å². The van der Waals surface area contributed by atoms with Crippen molar-refractivity contribution >= 4 is 29.2 Å². The van der Waals surface area contributed by atoms with Gasteiger partial charge in [0.25, 0.3) is 5.91 Å². The Hall–Kier alpha value is -3.36. The van der Waals surface area contributed by atoms with Crippen molar-refractivity contribution in [2.24, 2.45) is 0 Å². The molecule has 0 spiro atoms. The number of hydrogen-bond acceptors (Lipinski definition) is 6. The first-order chi connectivity index (χ1) is 18.4. The number of aromatic nitrogens is 2. The van der Waals surface area contributed by atoms with E-state index in [0.29, 0.717) is 21.8 Å². The molecule has 198 valence electrons. The van der Waals surface area contributed by atoms with Crippen LogP contribution in [0.5, 0.6) is 0 Å². The highest BCUT2D eigenvalue weighted by Crippen LogP contribution is 2.39. The normalized spacial score (nSPS) is 18.0. The first-order valence-corrected chi connectivity index (χ1v) is 13.7. The maximum absolute atomic E-state index is 13.8. The number of carbonyl (C=O) groups excluding carboxylic acids is 2. The number of aliphatic hydroxyl groups excluding tert-OH is 1. The monoisotopic (exact) mass is 534 g/mol. The summed E-state index contributed by atoms with van der Waals surface area (Å²) < 4.78 is 7.46. The third kappa shape index (κ3) is 4.35. The van der Waals surface area contributed by atoms with Crippen LogP contribution in [0.15, 0.2) is 42.7 Å². The van der Waals surface area contributed by atoms with Gasteiger partial charge >= 0.3 is 5.97 Å². The molecule has 1 saturated heterocycles. The molecule has 38 heavy (non-hydrogen) atoms. The average Bonchev–Trinajstić information content (AvgIpc) is 3.62. The first kappa shape index (κ1) is 24.9. The lowest BCUT2D eigenvalue weighted by atomic mass is 9.99. The van der Waals surface area contributed by atoms with E-state index < -0.39 is 12.0 Å². The Balaban J connectivity index is 1.29. The number of anilines is 1. The number of piperidine rings is 1. The number of carbonyl (C=O) groups is 2. The van der Waals surface area contributed by atoms with Gasteiger partial charge in [0.15, 0.2) is 6.04 Å². The van der Waals surface area contributed by atoms with E-state index >= 15 is 0 Å². The highest BCUT2D eigenvalue weighted by atomic mass is 35.5. The summed E-state index contributed by atoms with van der Waals surface area (Å²) in [6.07, 6.45) is 4.89. The summed E-state index contributed by atoms with van der Waals surface area (Å²) in [5, 5.41) is 10.3. The summed E-state index contributed by atoms with van der Waals surface area (Å²) in [7, 11) is 0. The largest absolute Gasteiger partial charge is 0.464 e. The molecule has 0 bridgehead atoms. The van der Waals surface area contributed by atoms with Gasteiger partial charge in [-0.15, -0.1) is 0 Å². The van der Waals surface area contributed by atoms with Crippen molar-refractivity contribution in [2.75, 3.05) is 24.6 Å². The zero-order valence-electron chi connectivity index (χ0n) is 21.4. The second-order valence-corrected chi connectivity index (χ2v) is 10.6. The van der Waals surface area contributed by atoms with Crippen LogP contribution in [-0.2, 0) is 29.0 Å². The van der Waals surface area contributed by atoms with Gasteiger partial charge in [0, 0.05) is 53.7 Å². The van der Waals surface area contributed by atoms with Gasteiger partial charge in [-0.05, 0) is 68.0 Å². The standard InChI is InChI=1S/C29H31ClN4O4/c1-2-38-29(37)27(26-25-4-3-11-33(25)17-31-26)34-16-23-22(28(34)36)14-19(15-24(23)30)18-5-7-20(8-6-18)32-12-9-21(35)10-13-32/h5-8,14-15,17,21,27,35H,2-4,9-13,16H2,1H3. The maximum atomic E-state index is 13.8. The molecule has 3 aliphatic rings. The second-order valence-electron chi connectivity index (χ2n) is 10.2. The molecule has 1 unspecified atom stereocenters. The number of esters is 1. The van der Waals surface area contributed by atoms with Crippen LogP contribution in [0.1, 0.15) is 59.5 Å². The minimum Gasteiger partial charge on any atom is -0.464 e. The lowest BCUT2D eigenvalue weighted by Gasteiger charge is -2.31. The first-order valence-electron chi connectivity index (χ1n) is 13.3. The van der Waals surface area contributed by atoms with E-state index in [9.17, 15) is 14.7 Å². The van der Waals surface area contributed by atoms with Crippen molar-refractivity contribution < 1.29 is 19.4 Å². The Labute approximate surface area is 226 Å². The fraction of sp³-hybridized carbons (Fsp3) is 0.414. The van der Waals surface area contributed by atoms with Crippen LogP contribution in [0, 0.1) is 0 Å². The number of benzene rings is 2. The predicted octanol–water partition coefficient (Wildman–Crippen LogP) is 4.37. The summed E-state index contributed by atoms with van der Waals surface area (Å²) in [5.41, 5.74) is 5.72. The van der Waals surface area contributed by atoms with Gasteiger partial charge in [-0.3, -0.25) is 4.79 Å². The predicted molar refractivity (Wildman–Crippen MR) is 144 cm³/mol. The summed E-state index contributed by atoms with van der Waals surface area (Å²) in [5.74, 6) is -0.718. The van der Waals surface area contributed by atoms with E-state index in [1.165, 1.54) is 0 Å². The number of fused-ring (bicyclic) bond motifs is 2. The summed E-state index contributed by atoms with van der Waals surface area (Å²) >= 11 is 6.74. The molecule has 1 N–H and O–H groups in total. The van der Waals surface area contributed by atoms with Gasteiger partial charge < -0.3 is 24.2 Å². The van der Waals surface area contributed by atoms with E-state index in [2.05, 4.69) is 26.6 Å². The number of nitrogens with zero attached hydrogens (tertiary/aromatic N) is 4. The van der Waals surface area contributed by atoms with Crippen molar-refractivity contribution in [1.82, 2.24) is 14.5 Å². The molecular formula is C29H31ClN4O4. The summed E-state index contributed by atoms with van der Waals surface area (Å²) in [6.45, 7) is 4.73. The van der Waals surface area contributed by atoms with Crippen LogP contribution in [0.2, 0.25) is 5.02 Å². The Morgan fingerprint density at radius 2 is 1.92 bits per heavy atom. The molecule has 0 saturated carbocycles. The zero-order chi connectivity index (χ0) is 26.4.